The monoisotopic (exact) mass is 213 g/mol. The summed E-state index contributed by atoms with van der Waals surface area (Å²) in [7, 11) is 0. The van der Waals surface area contributed by atoms with E-state index in [-0.39, 0.29) is 12.5 Å². The highest BCUT2D eigenvalue weighted by Gasteiger charge is 2.36. The second-order valence-electron chi connectivity index (χ2n) is 4.05. The fourth-order valence-electron chi connectivity index (χ4n) is 1.47. The van der Waals surface area contributed by atoms with Crippen molar-refractivity contribution < 1.29 is 19.1 Å². The van der Waals surface area contributed by atoms with Gasteiger partial charge in [-0.1, -0.05) is 13.8 Å². The van der Waals surface area contributed by atoms with E-state index in [1.165, 1.54) is 6.92 Å². The van der Waals surface area contributed by atoms with Gasteiger partial charge in [-0.3, -0.25) is 19.3 Å². The average Bonchev–Trinajstić information content (AvgIpc) is 2.09. The van der Waals surface area contributed by atoms with Crippen molar-refractivity contribution >= 4 is 17.8 Å². The van der Waals surface area contributed by atoms with Gasteiger partial charge in [0.15, 0.2) is 6.10 Å². The third-order valence-corrected chi connectivity index (χ3v) is 2.17. The molecule has 2 amide bonds. The van der Waals surface area contributed by atoms with E-state index in [1.54, 1.807) is 0 Å². The van der Waals surface area contributed by atoms with Crippen LogP contribution in [0.4, 0.5) is 0 Å². The Bertz CT molecular complexity index is 298. The number of imide groups is 1. The third kappa shape index (κ3) is 2.78. The molecule has 0 unspecified atom stereocenters. The van der Waals surface area contributed by atoms with Crippen LogP contribution < -0.4 is 0 Å². The van der Waals surface area contributed by atoms with Gasteiger partial charge in [-0.15, -0.1) is 0 Å². The highest BCUT2D eigenvalue weighted by Crippen LogP contribution is 2.16. The van der Waals surface area contributed by atoms with Gasteiger partial charge in [-0.05, 0) is 12.3 Å². The minimum Gasteiger partial charge on any atom is -0.451 e. The second-order valence-corrected chi connectivity index (χ2v) is 4.05. The minimum atomic E-state index is -0.796. The molecule has 84 valence electrons. The Morgan fingerprint density at radius 2 is 2.13 bits per heavy atom. The Kier molecular flexibility index (Phi) is 3.44. The molecule has 1 rings (SSSR count). The zero-order valence-electron chi connectivity index (χ0n) is 9.15. The standard InChI is InChI=1S/C10H15NO4/c1-6(2)4-8-10(14)11(7(3)12)5-9(13)15-8/h6,8H,4-5H2,1-3H3/t8-/m0/s1. The molecule has 15 heavy (non-hydrogen) atoms. The highest BCUT2D eigenvalue weighted by molar-refractivity contribution is 6.02. The number of morpholine rings is 1. The van der Waals surface area contributed by atoms with E-state index in [4.69, 9.17) is 4.74 Å². The van der Waals surface area contributed by atoms with E-state index >= 15 is 0 Å². The van der Waals surface area contributed by atoms with Gasteiger partial charge in [0.1, 0.15) is 6.54 Å². The molecule has 0 radical (unpaired) electrons. The Hall–Kier alpha value is -1.39. The number of cyclic esters (lactones) is 1. The van der Waals surface area contributed by atoms with Crippen LogP contribution in [0.25, 0.3) is 0 Å². The Morgan fingerprint density at radius 1 is 1.53 bits per heavy atom. The van der Waals surface area contributed by atoms with E-state index in [1.807, 2.05) is 13.8 Å². The maximum absolute atomic E-state index is 11.7. The molecule has 0 aromatic carbocycles. The molecule has 0 N–H and O–H groups in total. The van der Waals surface area contributed by atoms with Crippen molar-refractivity contribution in [3.05, 3.63) is 0 Å². The number of carbonyl (C=O) groups is 3. The highest BCUT2D eigenvalue weighted by atomic mass is 16.6. The van der Waals surface area contributed by atoms with Crippen molar-refractivity contribution in [3.8, 4) is 0 Å². The summed E-state index contributed by atoms with van der Waals surface area (Å²) in [6, 6.07) is 0. The molecule has 1 aliphatic heterocycles. The van der Waals surface area contributed by atoms with Crippen molar-refractivity contribution in [1.82, 2.24) is 4.90 Å². The van der Waals surface area contributed by atoms with Gasteiger partial charge < -0.3 is 4.74 Å². The summed E-state index contributed by atoms with van der Waals surface area (Å²) < 4.78 is 4.91. The molecule has 0 bridgehead atoms. The Labute approximate surface area is 88.4 Å². The number of carbonyl (C=O) groups excluding carboxylic acids is 3. The lowest BCUT2D eigenvalue weighted by molar-refractivity contribution is -0.175. The quantitative estimate of drug-likeness (QED) is 0.620. The van der Waals surface area contributed by atoms with Crippen LogP contribution in [0.1, 0.15) is 27.2 Å². The fourth-order valence-corrected chi connectivity index (χ4v) is 1.47. The first-order valence-electron chi connectivity index (χ1n) is 4.93. The van der Waals surface area contributed by atoms with Gasteiger partial charge >= 0.3 is 5.97 Å². The number of hydrogen-bond donors (Lipinski definition) is 0. The van der Waals surface area contributed by atoms with Crippen molar-refractivity contribution in [3.63, 3.8) is 0 Å². The predicted molar refractivity (Wildman–Crippen MR) is 51.7 cm³/mol. The first kappa shape index (κ1) is 11.7. The first-order chi connectivity index (χ1) is 6.91. The van der Waals surface area contributed by atoms with E-state index in [9.17, 15) is 14.4 Å². The lowest BCUT2D eigenvalue weighted by Crippen LogP contribution is -2.52. The van der Waals surface area contributed by atoms with Crippen molar-refractivity contribution in [2.75, 3.05) is 6.54 Å². The van der Waals surface area contributed by atoms with Gasteiger partial charge in [0, 0.05) is 6.92 Å². The van der Waals surface area contributed by atoms with Crippen LogP contribution in [0.3, 0.4) is 0 Å². The summed E-state index contributed by atoms with van der Waals surface area (Å²) in [4.78, 5) is 34.8. The van der Waals surface area contributed by atoms with Crippen LogP contribution in [0.2, 0.25) is 0 Å². The summed E-state index contributed by atoms with van der Waals surface area (Å²) >= 11 is 0. The van der Waals surface area contributed by atoms with Crippen LogP contribution in [-0.4, -0.2) is 35.3 Å². The van der Waals surface area contributed by atoms with E-state index < -0.39 is 23.9 Å². The maximum Gasteiger partial charge on any atom is 0.326 e. The number of ether oxygens (including phenoxy) is 1. The summed E-state index contributed by atoms with van der Waals surface area (Å²) in [6.07, 6.45) is -0.343. The van der Waals surface area contributed by atoms with Crippen molar-refractivity contribution in [2.24, 2.45) is 5.92 Å². The molecule has 0 saturated carbocycles. The molecule has 5 heteroatoms. The molecule has 5 nitrogen and oxygen atoms in total. The number of amides is 2. The zero-order valence-corrected chi connectivity index (χ0v) is 9.15. The van der Waals surface area contributed by atoms with Crippen LogP contribution in [0.5, 0.6) is 0 Å². The average molecular weight is 213 g/mol. The largest absolute Gasteiger partial charge is 0.451 e. The number of nitrogens with zero attached hydrogens (tertiary/aromatic N) is 1. The lowest BCUT2D eigenvalue weighted by Gasteiger charge is -2.30. The van der Waals surface area contributed by atoms with Gasteiger partial charge in [-0.25, -0.2) is 0 Å². The Balaban J connectivity index is 2.76. The molecule has 1 fully saturated rings. The molecular weight excluding hydrogens is 198 g/mol. The Morgan fingerprint density at radius 3 is 2.60 bits per heavy atom. The smallest absolute Gasteiger partial charge is 0.326 e. The second kappa shape index (κ2) is 4.42. The summed E-state index contributed by atoms with van der Waals surface area (Å²) in [6.45, 7) is 4.85. The fraction of sp³-hybridized carbons (Fsp3) is 0.700. The predicted octanol–water partition coefficient (Wildman–Crippen LogP) is 0.333. The van der Waals surface area contributed by atoms with E-state index in [0.29, 0.717) is 6.42 Å². The first-order valence-corrected chi connectivity index (χ1v) is 4.93. The molecule has 1 heterocycles. The minimum absolute atomic E-state index is 0.235. The topological polar surface area (TPSA) is 63.7 Å². The molecule has 0 aromatic rings. The molecule has 0 aliphatic carbocycles. The summed E-state index contributed by atoms with van der Waals surface area (Å²) in [5, 5.41) is 0. The van der Waals surface area contributed by atoms with Crippen LogP contribution in [-0.2, 0) is 19.1 Å². The van der Waals surface area contributed by atoms with Crippen LogP contribution in [0, 0.1) is 5.92 Å². The third-order valence-electron chi connectivity index (χ3n) is 2.17. The maximum atomic E-state index is 11.7. The molecule has 1 atom stereocenters. The SMILES string of the molecule is CC(=O)N1CC(=O)O[C@@H](CC(C)C)C1=O. The number of rotatable bonds is 2. The normalized spacial score (nSPS) is 21.9. The van der Waals surface area contributed by atoms with Gasteiger partial charge in [-0.2, -0.15) is 0 Å². The number of esters is 1. The lowest BCUT2D eigenvalue weighted by atomic mass is 10.0. The van der Waals surface area contributed by atoms with Gasteiger partial charge in [0.25, 0.3) is 5.91 Å². The van der Waals surface area contributed by atoms with E-state index in [2.05, 4.69) is 0 Å². The van der Waals surface area contributed by atoms with Crippen molar-refractivity contribution in [2.45, 2.75) is 33.3 Å². The van der Waals surface area contributed by atoms with E-state index in [0.717, 1.165) is 4.90 Å². The zero-order chi connectivity index (χ0) is 11.6. The van der Waals surface area contributed by atoms with Gasteiger partial charge in [0.05, 0.1) is 0 Å². The molecule has 0 aromatic heterocycles. The van der Waals surface area contributed by atoms with Crippen molar-refractivity contribution in [1.29, 1.82) is 0 Å². The molecular formula is C10H15NO4. The molecule has 0 spiro atoms. The van der Waals surface area contributed by atoms with Gasteiger partial charge in [0.2, 0.25) is 5.91 Å². The number of hydrogen-bond acceptors (Lipinski definition) is 4. The van der Waals surface area contributed by atoms with Crippen LogP contribution >= 0.6 is 0 Å². The summed E-state index contributed by atoms with van der Waals surface area (Å²) in [5.41, 5.74) is 0. The molecule has 1 saturated heterocycles. The summed E-state index contributed by atoms with van der Waals surface area (Å²) in [5.74, 6) is -1.10. The van der Waals surface area contributed by atoms with Crippen LogP contribution in [0.15, 0.2) is 0 Å². The molecule has 1 aliphatic rings.